The highest BCUT2D eigenvalue weighted by Crippen LogP contribution is 2.31. The minimum atomic E-state index is -0.324. The monoisotopic (exact) mass is 380 g/mol. The first kappa shape index (κ1) is 19.9. The average molecular weight is 380 g/mol. The quantitative estimate of drug-likeness (QED) is 0.713. The largest absolute Gasteiger partial charge is 0.497 e. The van der Waals surface area contributed by atoms with Gasteiger partial charge in [0.15, 0.2) is 0 Å². The van der Waals surface area contributed by atoms with Crippen molar-refractivity contribution in [2.75, 3.05) is 14.2 Å². The highest BCUT2D eigenvalue weighted by molar-refractivity contribution is 6.03. The Hall–Kier alpha value is -2.82. The molecular formula is C23H28N2O3. The number of aryl methyl sites for hydroxylation is 1. The van der Waals surface area contributed by atoms with Gasteiger partial charge in [-0.15, -0.1) is 0 Å². The van der Waals surface area contributed by atoms with E-state index in [9.17, 15) is 4.79 Å². The topological polar surface area (TPSA) is 51.1 Å². The Morgan fingerprint density at radius 2 is 1.79 bits per heavy atom. The van der Waals surface area contributed by atoms with Gasteiger partial charge in [0.1, 0.15) is 11.5 Å². The summed E-state index contributed by atoms with van der Waals surface area (Å²) in [6.07, 6.45) is 2.85. The van der Waals surface area contributed by atoms with Crippen LogP contribution in [0.5, 0.6) is 11.5 Å². The number of amides is 1. The van der Waals surface area contributed by atoms with E-state index in [1.165, 1.54) is 5.56 Å². The fourth-order valence-corrected chi connectivity index (χ4v) is 3.47. The first-order valence-corrected chi connectivity index (χ1v) is 9.61. The molecule has 0 spiro atoms. The van der Waals surface area contributed by atoms with E-state index >= 15 is 0 Å². The smallest absolute Gasteiger partial charge is 0.243 e. The van der Waals surface area contributed by atoms with Crippen LogP contribution in [0.2, 0.25) is 0 Å². The maximum atomic E-state index is 12.8. The molecule has 2 aromatic carbocycles. The van der Waals surface area contributed by atoms with Gasteiger partial charge in [0, 0.05) is 18.4 Å². The summed E-state index contributed by atoms with van der Waals surface area (Å²) in [7, 11) is 3.31. The molecule has 0 radical (unpaired) electrons. The van der Waals surface area contributed by atoms with E-state index in [1.54, 1.807) is 19.2 Å². The van der Waals surface area contributed by atoms with Gasteiger partial charge < -0.3 is 9.47 Å². The fourth-order valence-electron chi connectivity index (χ4n) is 3.47. The molecule has 1 aliphatic heterocycles. The predicted octanol–water partition coefficient (Wildman–Crippen LogP) is 4.44. The van der Waals surface area contributed by atoms with Crippen LogP contribution in [-0.4, -0.2) is 36.4 Å². The molecule has 2 aromatic rings. The molecule has 0 aromatic heterocycles. The van der Waals surface area contributed by atoms with Gasteiger partial charge in [0.05, 0.1) is 25.5 Å². The number of hydrazone groups is 1. The van der Waals surface area contributed by atoms with Crippen molar-refractivity contribution in [2.24, 2.45) is 5.10 Å². The molecule has 1 amide bonds. The number of hydrogen-bond donors (Lipinski definition) is 0. The second-order valence-electron chi connectivity index (χ2n) is 7.68. The first-order valence-electron chi connectivity index (χ1n) is 9.61. The van der Waals surface area contributed by atoms with Crippen LogP contribution in [0.4, 0.5) is 0 Å². The second-order valence-corrected chi connectivity index (χ2v) is 7.68. The number of carbonyl (C=O) groups is 1. The Kier molecular flexibility index (Phi) is 6.02. The number of benzene rings is 2. The van der Waals surface area contributed by atoms with Crippen molar-refractivity contribution < 1.29 is 14.3 Å². The van der Waals surface area contributed by atoms with Gasteiger partial charge >= 0.3 is 0 Å². The SMILES string of the molecule is COc1ccc(CCCC(=O)N2N=C(c3cccc(OC)c3)CC2(C)C)cc1. The number of carbonyl (C=O) groups excluding carboxylic acids is 1. The molecule has 1 heterocycles. The molecule has 1 aliphatic rings. The van der Waals surface area contributed by atoms with E-state index in [2.05, 4.69) is 18.9 Å². The zero-order valence-electron chi connectivity index (χ0n) is 17.1. The molecule has 0 unspecified atom stereocenters. The molecule has 5 heteroatoms. The van der Waals surface area contributed by atoms with Gasteiger partial charge in [-0.2, -0.15) is 5.10 Å². The van der Waals surface area contributed by atoms with Gasteiger partial charge in [0.2, 0.25) is 5.91 Å². The molecule has 3 rings (SSSR count). The third kappa shape index (κ3) is 4.53. The van der Waals surface area contributed by atoms with E-state index in [1.807, 2.05) is 48.5 Å². The Morgan fingerprint density at radius 3 is 2.46 bits per heavy atom. The third-order valence-corrected chi connectivity index (χ3v) is 5.05. The molecule has 148 valence electrons. The second kappa shape index (κ2) is 8.46. The maximum Gasteiger partial charge on any atom is 0.243 e. The number of methoxy groups -OCH3 is 2. The molecule has 0 atom stereocenters. The Balaban J connectivity index is 1.63. The van der Waals surface area contributed by atoms with Gasteiger partial charge in [0.25, 0.3) is 0 Å². The van der Waals surface area contributed by atoms with Crippen LogP contribution in [0.15, 0.2) is 53.6 Å². The van der Waals surface area contributed by atoms with E-state index < -0.39 is 0 Å². The number of nitrogens with zero attached hydrogens (tertiary/aromatic N) is 2. The summed E-state index contributed by atoms with van der Waals surface area (Å²) in [4.78, 5) is 12.8. The molecule has 0 saturated heterocycles. The van der Waals surface area contributed by atoms with Crippen LogP contribution in [0.25, 0.3) is 0 Å². The van der Waals surface area contributed by atoms with Gasteiger partial charge in [-0.1, -0.05) is 24.3 Å². The molecule has 0 aliphatic carbocycles. The van der Waals surface area contributed by atoms with E-state index in [0.29, 0.717) is 6.42 Å². The molecule has 5 nitrogen and oxygen atoms in total. The van der Waals surface area contributed by atoms with Gasteiger partial charge in [-0.3, -0.25) is 4.79 Å². The molecule has 0 saturated carbocycles. The lowest BCUT2D eigenvalue weighted by molar-refractivity contribution is -0.135. The first-order chi connectivity index (χ1) is 13.4. The zero-order valence-corrected chi connectivity index (χ0v) is 17.1. The summed E-state index contributed by atoms with van der Waals surface area (Å²) in [5.41, 5.74) is 2.80. The highest BCUT2D eigenvalue weighted by Gasteiger charge is 2.38. The zero-order chi connectivity index (χ0) is 20.1. The highest BCUT2D eigenvalue weighted by atomic mass is 16.5. The lowest BCUT2D eigenvalue weighted by Gasteiger charge is -2.28. The summed E-state index contributed by atoms with van der Waals surface area (Å²) in [5.74, 6) is 1.71. The van der Waals surface area contributed by atoms with Crippen LogP contribution in [0, 0.1) is 0 Å². The van der Waals surface area contributed by atoms with Crippen molar-refractivity contribution in [2.45, 2.75) is 45.1 Å². The summed E-state index contributed by atoms with van der Waals surface area (Å²) in [5, 5.41) is 6.33. The summed E-state index contributed by atoms with van der Waals surface area (Å²) in [6.45, 7) is 4.12. The summed E-state index contributed by atoms with van der Waals surface area (Å²) >= 11 is 0. The van der Waals surface area contributed by atoms with E-state index in [0.717, 1.165) is 42.0 Å². The summed E-state index contributed by atoms with van der Waals surface area (Å²) in [6, 6.07) is 15.8. The number of ether oxygens (including phenoxy) is 2. The Bertz CT molecular complexity index is 856. The van der Waals surface area contributed by atoms with Crippen LogP contribution in [0.3, 0.4) is 0 Å². The molecule has 0 fully saturated rings. The van der Waals surface area contributed by atoms with Crippen LogP contribution < -0.4 is 9.47 Å². The van der Waals surface area contributed by atoms with Crippen LogP contribution >= 0.6 is 0 Å². The fraction of sp³-hybridized carbons (Fsp3) is 0.391. The standard InChI is InChI=1S/C23H28N2O3/c1-23(2)16-21(18-8-6-9-20(15-18)28-4)24-25(23)22(26)10-5-7-17-11-13-19(27-3)14-12-17/h6,8-9,11-15H,5,7,10,16H2,1-4H3. The van der Waals surface area contributed by atoms with Crippen molar-refractivity contribution in [3.8, 4) is 11.5 Å². The third-order valence-electron chi connectivity index (χ3n) is 5.05. The van der Waals surface area contributed by atoms with Crippen molar-refractivity contribution in [1.29, 1.82) is 0 Å². The van der Waals surface area contributed by atoms with Gasteiger partial charge in [-0.05, 0) is 56.5 Å². The molecule has 0 N–H and O–H groups in total. The summed E-state index contributed by atoms with van der Waals surface area (Å²) < 4.78 is 10.5. The number of hydrogen-bond acceptors (Lipinski definition) is 4. The van der Waals surface area contributed by atoms with E-state index in [4.69, 9.17) is 9.47 Å². The average Bonchev–Trinajstić information content (AvgIpc) is 3.04. The van der Waals surface area contributed by atoms with Crippen LogP contribution in [0.1, 0.15) is 44.2 Å². The van der Waals surface area contributed by atoms with Crippen molar-refractivity contribution in [3.05, 3.63) is 59.7 Å². The Morgan fingerprint density at radius 1 is 1.07 bits per heavy atom. The number of rotatable bonds is 7. The van der Waals surface area contributed by atoms with Crippen molar-refractivity contribution >= 4 is 11.6 Å². The minimum Gasteiger partial charge on any atom is -0.497 e. The molecule has 28 heavy (non-hydrogen) atoms. The molecular weight excluding hydrogens is 352 g/mol. The van der Waals surface area contributed by atoms with E-state index in [-0.39, 0.29) is 11.4 Å². The lowest BCUT2D eigenvalue weighted by atomic mass is 9.94. The van der Waals surface area contributed by atoms with Crippen molar-refractivity contribution in [1.82, 2.24) is 5.01 Å². The molecule has 0 bridgehead atoms. The minimum absolute atomic E-state index is 0.0661. The maximum absolute atomic E-state index is 12.8. The van der Waals surface area contributed by atoms with Gasteiger partial charge in [-0.25, -0.2) is 5.01 Å². The Labute approximate surface area is 167 Å². The van der Waals surface area contributed by atoms with Crippen LogP contribution in [-0.2, 0) is 11.2 Å². The van der Waals surface area contributed by atoms with Crippen molar-refractivity contribution in [3.63, 3.8) is 0 Å². The normalized spacial score (nSPS) is 15.3. The lowest BCUT2D eigenvalue weighted by Crippen LogP contribution is -2.40. The predicted molar refractivity (Wildman–Crippen MR) is 111 cm³/mol.